The van der Waals surface area contributed by atoms with E-state index in [0.29, 0.717) is 19.4 Å². The van der Waals surface area contributed by atoms with Crippen molar-refractivity contribution in [3.63, 3.8) is 0 Å². The van der Waals surface area contributed by atoms with E-state index in [4.69, 9.17) is 4.74 Å². The van der Waals surface area contributed by atoms with Gasteiger partial charge >= 0.3 is 6.03 Å². The zero-order chi connectivity index (χ0) is 10.4. The smallest absolute Gasteiger partial charge is 0.322 e. The fraction of sp³-hybridized carbons (Fsp3) is 0.778. The zero-order valence-corrected chi connectivity index (χ0v) is 8.35. The first-order valence-corrected chi connectivity index (χ1v) is 4.71. The van der Waals surface area contributed by atoms with Crippen molar-refractivity contribution >= 4 is 11.9 Å². The lowest BCUT2D eigenvalue weighted by Crippen LogP contribution is -2.56. The SMILES string of the molecule is CC1(C)CC2(CCO1)NC(=O)NC2=O. The van der Waals surface area contributed by atoms with Gasteiger partial charge in [0, 0.05) is 12.8 Å². The van der Waals surface area contributed by atoms with Gasteiger partial charge in [0.1, 0.15) is 5.54 Å². The number of rotatable bonds is 0. The van der Waals surface area contributed by atoms with Gasteiger partial charge in [-0.15, -0.1) is 0 Å². The summed E-state index contributed by atoms with van der Waals surface area (Å²) < 4.78 is 5.50. The van der Waals surface area contributed by atoms with Crippen LogP contribution in [0, 0.1) is 0 Å². The molecule has 2 aliphatic heterocycles. The van der Waals surface area contributed by atoms with Crippen molar-refractivity contribution in [2.75, 3.05) is 6.61 Å². The topological polar surface area (TPSA) is 67.4 Å². The van der Waals surface area contributed by atoms with Gasteiger partial charge in [-0.1, -0.05) is 0 Å². The number of urea groups is 1. The second kappa shape index (κ2) is 2.70. The van der Waals surface area contributed by atoms with E-state index in [1.807, 2.05) is 13.8 Å². The molecule has 2 rings (SSSR count). The molecule has 2 heterocycles. The first kappa shape index (κ1) is 9.45. The summed E-state index contributed by atoms with van der Waals surface area (Å²) in [5.74, 6) is -0.223. The Balaban J connectivity index is 2.24. The third-order valence-corrected chi connectivity index (χ3v) is 2.76. The van der Waals surface area contributed by atoms with E-state index >= 15 is 0 Å². The Hall–Kier alpha value is -1.10. The fourth-order valence-electron chi connectivity index (χ4n) is 2.20. The van der Waals surface area contributed by atoms with Gasteiger partial charge in [0.2, 0.25) is 0 Å². The number of amides is 3. The average Bonchev–Trinajstić information content (AvgIpc) is 2.24. The van der Waals surface area contributed by atoms with E-state index in [-0.39, 0.29) is 11.5 Å². The summed E-state index contributed by atoms with van der Waals surface area (Å²) in [6.07, 6.45) is 1.07. The molecule has 0 aliphatic carbocycles. The van der Waals surface area contributed by atoms with Gasteiger partial charge in [-0.3, -0.25) is 10.1 Å². The fourth-order valence-corrected chi connectivity index (χ4v) is 2.20. The highest BCUT2D eigenvalue weighted by Crippen LogP contribution is 2.33. The molecule has 2 N–H and O–H groups in total. The molecular weight excluding hydrogens is 184 g/mol. The number of imide groups is 1. The molecule has 0 aromatic heterocycles. The molecule has 2 saturated heterocycles. The maximum Gasteiger partial charge on any atom is 0.322 e. The Labute approximate surface area is 82.2 Å². The minimum Gasteiger partial charge on any atom is -0.375 e. The van der Waals surface area contributed by atoms with Gasteiger partial charge < -0.3 is 10.1 Å². The van der Waals surface area contributed by atoms with E-state index in [9.17, 15) is 9.59 Å². The summed E-state index contributed by atoms with van der Waals surface area (Å²) in [5.41, 5.74) is -1.09. The molecule has 14 heavy (non-hydrogen) atoms. The molecule has 1 spiro atoms. The van der Waals surface area contributed by atoms with Crippen molar-refractivity contribution in [2.45, 2.75) is 37.8 Å². The first-order chi connectivity index (χ1) is 6.44. The summed E-state index contributed by atoms with van der Waals surface area (Å²) >= 11 is 0. The van der Waals surface area contributed by atoms with Gasteiger partial charge in [-0.25, -0.2) is 4.79 Å². The Kier molecular flexibility index (Phi) is 1.82. The van der Waals surface area contributed by atoms with Gasteiger partial charge in [0.05, 0.1) is 12.2 Å². The largest absolute Gasteiger partial charge is 0.375 e. The van der Waals surface area contributed by atoms with Crippen molar-refractivity contribution in [2.24, 2.45) is 0 Å². The molecule has 78 valence electrons. The predicted octanol–water partition coefficient (Wildman–Crippen LogP) is 0.154. The van der Waals surface area contributed by atoms with Crippen LogP contribution in [0.25, 0.3) is 0 Å². The zero-order valence-electron chi connectivity index (χ0n) is 8.35. The van der Waals surface area contributed by atoms with Crippen molar-refractivity contribution in [3.8, 4) is 0 Å². The Morgan fingerprint density at radius 3 is 2.57 bits per heavy atom. The van der Waals surface area contributed by atoms with Gasteiger partial charge in [-0.05, 0) is 13.8 Å². The Morgan fingerprint density at radius 1 is 1.36 bits per heavy atom. The van der Waals surface area contributed by atoms with E-state index < -0.39 is 11.6 Å². The van der Waals surface area contributed by atoms with Crippen LogP contribution in [0.1, 0.15) is 26.7 Å². The standard InChI is InChI=1S/C9H14N2O3/c1-8(2)5-9(3-4-14-8)6(12)10-7(13)11-9/h3-5H2,1-2H3,(H2,10,11,12,13). The third-order valence-electron chi connectivity index (χ3n) is 2.76. The molecule has 1 atom stereocenters. The number of hydrogen-bond acceptors (Lipinski definition) is 3. The first-order valence-electron chi connectivity index (χ1n) is 4.71. The van der Waals surface area contributed by atoms with Crippen LogP contribution in [-0.2, 0) is 9.53 Å². The van der Waals surface area contributed by atoms with Gasteiger partial charge in [-0.2, -0.15) is 0 Å². The van der Waals surface area contributed by atoms with Crippen LogP contribution < -0.4 is 10.6 Å². The van der Waals surface area contributed by atoms with Crippen LogP contribution in [0.3, 0.4) is 0 Å². The van der Waals surface area contributed by atoms with Crippen LogP contribution in [0.4, 0.5) is 4.79 Å². The van der Waals surface area contributed by atoms with Crippen LogP contribution in [0.2, 0.25) is 0 Å². The van der Waals surface area contributed by atoms with Crippen LogP contribution in [0.15, 0.2) is 0 Å². The van der Waals surface area contributed by atoms with E-state index in [2.05, 4.69) is 10.6 Å². The molecule has 0 saturated carbocycles. The number of hydrogen-bond donors (Lipinski definition) is 2. The molecule has 2 fully saturated rings. The lowest BCUT2D eigenvalue weighted by atomic mass is 9.81. The molecule has 5 heteroatoms. The second-order valence-corrected chi connectivity index (χ2v) is 4.53. The number of carbonyl (C=O) groups is 2. The van der Waals surface area contributed by atoms with Crippen LogP contribution >= 0.6 is 0 Å². The van der Waals surface area contributed by atoms with Crippen molar-refractivity contribution in [1.29, 1.82) is 0 Å². The highest BCUT2D eigenvalue weighted by Gasteiger charge is 2.51. The lowest BCUT2D eigenvalue weighted by molar-refractivity contribution is -0.136. The minimum absolute atomic E-state index is 0.223. The van der Waals surface area contributed by atoms with E-state index in [1.165, 1.54) is 0 Å². The summed E-state index contributed by atoms with van der Waals surface area (Å²) in [6.45, 7) is 4.35. The molecular formula is C9H14N2O3. The van der Waals surface area contributed by atoms with Crippen molar-refractivity contribution < 1.29 is 14.3 Å². The Morgan fingerprint density at radius 2 is 2.07 bits per heavy atom. The molecule has 0 bridgehead atoms. The van der Waals surface area contributed by atoms with Crippen molar-refractivity contribution in [1.82, 2.24) is 10.6 Å². The van der Waals surface area contributed by atoms with Crippen molar-refractivity contribution in [3.05, 3.63) is 0 Å². The average molecular weight is 198 g/mol. The highest BCUT2D eigenvalue weighted by molar-refractivity contribution is 6.07. The number of ether oxygens (including phenoxy) is 1. The highest BCUT2D eigenvalue weighted by atomic mass is 16.5. The van der Waals surface area contributed by atoms with Crippen LogP contribution in [-0.4, -0.2) is 29.7 Å². The van der Waals surface area contributed by atoms with E-state index in [0.717, 1.165) is 0 Å². The van der Waals surface area contributed by atoms with E-state index in [1.54, 1.807) is 0 Å². The molecule has 0 aromatic carbocycles. The molecule has 3 amide bonds. The summed E-state index contributed by atoms with van der Waals surface area (Å²) in [4.78, 5) is 22.7. The molecule has 0 radical (unpaired) electrons. The monoisotopic (exact) mass is 198 g/mol. The summed E-state index contributed by atoms with van der Waals surface area (Å²) in [6, 6.07) is -0.396. The number of nitrogens with one attached hydrogen (secondary N) is 2. The molecule has 0 aromatic rings. The minimum atomic E-state index is -0.737. The lowest BCUT2D eigenvalue weighted by Gasteiger charge is -2.40. The number of carbonyl (C=O) groups excluding carboxylic acids is 2. The molecule has 1 unspecified atom stereocenters. The normalized spacial score (nSPS) is 35.6. The van der Waals surface area contributed by atoms with Gasteiger partial charge in [0.25, 0.3) is 5.91 Å². The van der Waals surface area contributed by atoms with Gasteiger partial charge in [0.15, 0.2) is 0 Å². The maximum absolute atomic E-state index is 11.6. The third kappa shape index (κ3) is 1.37. The molecule has 5 nitrogen and oxygen atoms in total. The predicted molar refractivity (Wildman–Crippen MR) is 48.7 cm³/mol. The quantitative estimate of drug-likeness (QED) is 0.544. The summed E-state index contributed by atoms with van der Waals surface area (Å²) in [7, 11) is 0. The second-order valence-electron chi connectivity index (χ2n) is 4.53. The maximum atomic E-state index is 11.6. The summed E-state index contributed by atoms with van der Waals surface area (Å²) in [5, 5.41) is 4.97. The van der Waals surface area contributed by atoms with Crippen LogP contribution in [0.5, 0.6) is 0 Å². The molecule has 2 aliphatic rings. The Bertz CT molecular complexity index is 300.